The first-order valence-electron chi connectivity index (χ1n) is 10.1. The molecule has 0 saturated carbocycles. The summed E-state index contributed by atoms with van der Waals surface area (Å²) in [5, 5.41) is 0.791. The van der Waals surface area contributed by atoms with E-state index in [1.54, 1.807) is 6.08 Å². The van der Waals surface area contributed by atoms with Crippen LogP contribution in [0.3, 0.4) is 0 Å². The van der Waals surface area contributed by atoms with Gasteiger partial charge in [0.1, 0.15) is 12.4 Å². The Morgan fingerprint density at radius 1 is 1.10 bits per heavy atom. The zero-order chi connectivity index (χ0) is 20.9. The van der Waals surface area contributed by atoms with E-state index in [-0.39, 0.29) is 5.91 Å². The van der Waals surface area contributed by atoms with E-state index in [1.165, 1.54) is 23.0 Å². The average Bonchev–Trinajstić information content (AvgIpc) is 3.13. The fourth-order valence-electron chi connectivity index (χ4n) is 3.54. The highest BCUT2D eigenvalue weighted by molar-refractivity contribution is 8.18. The van der Waals surface area contributed by atoms with Gasteiger partial charge in [-0.2, -0.15) is 4.99 Å². The highest BCUT2D eigenvalue weighted by Crippen LogP contribution is 2.33. The number of benzene rings is 2. The number of carbonyl (C=O) groups excluding carboxylic acids is 1. The molecule has 0 aliphatic carbocycles. The molecule has 0 atom stereocenters. The van der Waals surface area contributed by atoms with Crippen LogP contribution in [0.5, 0.6) is 5.75 Å². The maximum Gasteiger partial charge on any atom is 0.286 e. The second-order valence-electron chi connectivity index (χ2n) is 7.26. The lowest BCUT2D eigenvalue weighted by Gasteiger charge is -2.36. The van der Waals surface area contributed by atoms with Crippen LogP contribution in [0, 0.1) is 6.92 Å². The third kappa shape index (κ3) is 4.60. The van der Waals surface area contributed by atoms with Crippen molar-refractivity contribution in [2.45, 2.75) is 6.92 Å². The summed E-state index contributed by atoms with van der Waals surface area (Å²) in [5.74, 6) is 0.549. The van der Waals surface area contributed by atoms with Gasteiger partial charge in [-0.05, 0) is 48.5 Å². The number of anilines is 1. The van der Waals surface area contributed by atoms with Crippen molar-refractivity contribution < 1.29 is 9.53 Å². The van der Waals surface area contributed by atoms with Crippen LogP contribution in [0.2, 0.25) is 0 Å². The van der Waals surface area contributed by atoms with E-state index in [0.717, 1.165) is 42.7 Å². The van der Waals surface area contributed by atoms with Gasteiger partial charge in [0.25, 0.3) is 5.91 Å². The van der Waals surface area contributed by atoms with Crippen molar-refractivity contribution in [1.82, 2.24) is 4.90 Å². The fourth-order valence-corrected chi connectivity index (χ4v) is 4.49. The Hall–Kier alpha value is -2.99. The van der Waals surface area contributed by atoms with E-state index in [2.05, 4.69) is 52.6 Å². The number of amides is 1. The summed E-state index contributed by atoms with van der Waals surface area (Å²) in [6.07, 6.45) is 3.57. The molecule has 1 fully saturated rings. The van der Waals surface area contributed by atoms with Gasteiger partial charge in [0.05, 0.1) is 4.91 Å². The van der Waals surface area contributed by atoms with E-state index in [9.17, 15) is 4.79 Å². The molecule has 4 rings (SSSR count). The van der Waals surface area contributed by atoms with E-state index in [4.69, 9.17) is 4.74 Å². The van der Waals surface area contributed by atoms with Crippen molar-refractivity contribution in [1.29, 1.82) is 0 Å². The molecule has 0 radical (unpaired) electrons. The van der Waals surface area contributed by atoms with E-state index >= 15 is 0 Å². The number of piperazine rings is 1. The van der Waals surface area contributed by atoms with Crippen molar-refractivity contribution >= 4 is 34.6 Å². The predicted octanol–water partition coefficient (Wildman–Crippen LogP) is 4.35. The Morgan fingerprint density at radius 3 is 2.63 bits per heavy atom. The Labute approximate surface area is 181 Å². The average molecular weight is 420 g/mol. The molecular formula is C24H25N3O2S. The highest BCUT2D eigenvalue weighted by Gasteiger charge is 2.28. The van der Waals surface area contributed by atoms with Gasteiger partial charge in [-0.25, -0.2) is 0 Å². The fraction of sp³-hybridized carbons (Fsp3) is 0.250. The van der Waals surface area contributed by atoms with Crippen molar-refractivity contribution in [3.05, 3.63) is 77.2 Å². The maximum absolute atomic E-state index is 12.5. The molecule has 154 valence electrons. The number of nitrogens with zero attached hydrogens (tertiary/aromatic N) is 3. The molecule has 2 heterocycles. The minimum Gasteiger partial charge on any atom is -0.489 e. The first-order valence-corrected chi connectivity index (χ1v) is 10.9. The van der Waals surface area contributed by atoms with Gasteiger partial charge in [-0.3, -0.25) is 4.79 Å². The first kappa shape index (κ1) is 20.3. The summed E-state index contributed by atoms with van der Waals surface area (Å²) in [6, 6.07) is 16.3. The minimum atomic E-state index is -0.186. The van der Waals surface area contributed by atoms with Crippen molar-refractivity contribution in [3.8, 4) is 5.75 Å². The van der Waals surface area contributed by atoms with Crippen LogP contribution < -0.4 is 9.64 Å². The summed E-state index contributed by atoms with van der Waals surface area (Å²) in [4.78, 5) is 22.0. The van der Waals surface area contributed by atoms with Crippen molar-refractivity contribution in [2.75, 3.05) is 37.7 Å². The van der Waals surface area contributed by atoms with Gasteiger partial charge in [0.15, 0.2) is 5.17 Å². The second-order valence-corrected chi connectivity index (χ2v) is 8.27. The maximum atomic E-state index is 12.5. The molecule has 2 aliphatic heterocycles. The van der Waals surface area contributed by atoms with Gasteiger partial charge in [-0.1, -0.05) is 43.0 Å². The van der Waals surface area contributed by atoms with Gasteiger partial charge >= 0.3 is 0 Å². The van der Waals surface area contributed by atoms with E-state index in [1.807, 2.05) is 30.3 Å². The predicted molar refractivity (Wildman–Crippen MR) is 125 cm³/mol. The van der Waals surface area contributed by atoms with Crippen LogP contribution in [0.1, 0.15) is 11.1 Å². The van der Waals surface area contributed by atoms with E-state index in [0.29, 0.717) is 11.5 Å². The second kappa shape index (κ2) is 9.22. The largest absolute Gasteiger partial charge is 0.489 e. The molecule has 2 aromatic rings. The Kier molecular flexibility index (Phi) is 6.23. The molecule has 0 N–H and O–H groups in total. The Bertz CT molecular complexity index is 1010. The lowest BCUT2D eigenvalue weighted by Crippen LogP contribution is -2.47. The van der Waals surface area contributed by atoms with Crippen LogP contribution in [0.4, 0.5) is 5.69 Å². The van der Waals surface area contributed by atoms with E-state index < -0.39 is 0 Å². The highest BCUT2D eigenvalue weighted by atomic mass is 32.2. The molecule has 30 heavy (non-hydrogen) atoms. The van der Waals surface area contributed by atoms with Crippen LogP contribution >= 0.6 is 11.8 Å². The molecule has 0 spiro atoms. The van der Waals surface area contributed by atoms with Gasteiger partial charge in [0, 0.05) is 37.4 Å². The number of aryl methyl sites for hydroxylation is 1. The molecule has 2 aromatic carbocycles. The van der Waals surface area contributed by atoms with Crippen LogP contribution in [-0.4, -0.2) is 48.8 Å². The monoisotopic (exact) mass is 419 g/mol. The van der Waals surface area contributed by atoms with Crippen molar-refractivity contribution in [3.63, 3.8) is 0 Å². The first-order chi connectivity index (χ1) is 14.6. The molecule has 1 saturated heterocycles. The molecule has 0 aromatic heterocycles. The standard InChI is InChI=1S/C24H25N3O2S/c1-3-15-29-21-10-5-4-8-19(21)17-22-23(28)25-24(30-22)27-13-11-26(12-14-27)20-9-6-7-18(2)16-20/h3-10,16-17H,1,11-15H2,2H3. The number of thioether (sulfide) groups is 1. The molecule has 2 aliphatic rings. The number of amidine groups is 1. The zero-order valence-electron chi connectivity index (χ0n) is 17.1. The molecule has 0 unspecified atom stereocenters. The molecule has 6 heteroatoms. The summed E-state index contributed by atoms with van der Waals surface area (Å²) < 4.78 is 5.70. The molecule has 0 bridgehead atoms. The Morgan fingerprint density at radius 2 is 1.87 bits per heavy atom. The topological polar surface area (TPSA) is 45.1 Å². The lowest BCUT2D eigenvalue weighted by molar-refractivity contribution is -0.113. The van der Waals surface area contributed by atoms with Crippen molar-refractivity contribution in [2.24, 2.45) is 4.99 Å². The molecular weight excluding hydrogens is 394 g/mol. The lowest BCUT2D eigenvalue weighted by atomic mass is 10.2. The van der Waals surface area contributed by atoms with Gasteiger partial charge in [-0.15, -0.1) is 0 Å². The number of rotatable bonds is 5. The number of aliphatic imine (C=N–C) groups is 1. The summed E-state index contributed by atoms with van der Waals surface area (Å²) in [7, 11) is 0. The number of ether oxygens (including phenoxy) is 1. The number of hydrogen-bond acceptors (Lipinski definition) is 5. The third-order valence-electron chi connectivity index (χ3n) is 5.09. The number of carbonyl (C=O) groups is 1. The SMILES string of the molecule is C=CCOc1ccccc1C=C1SC(N2CCN(c3cccc(C)c3)CC2)=NC1=O. The molecule has 1 amide bonds. The quantitative estimate of drug-likeness (QED) is 0.533. The summed E-state index contributed by atoms with van der Waals surface area (Å²) >= 11 is 1.45. The van der Waals surface area contributed by atoms with Gasteiger partial charge in [0.2, 0.25) is 0 Å². The van der Waals surface area contributed by atoms with Crippen LogP contribution in [-0.2, 0) is 4.79 Å². The smallest absolute Gasteiger partial charge is 0.286 e. The zero-order valence-corrected chi connectivity index (χ0v) is 17.9. The summed E-state index contributed by atoms with van der Waals surface area (Å²) in [5.41, 5.74) is 3.39. The molecule has 5 nitrogen and oxygen atoms in total. The van der Waals surface area contributed by atoms with Gasteiger partial charge < -0.3 is 14.5 Å². The van der Waals surface area contributed by atoms with Crippen LogP contribution in [0.15, 0.2) is 71.1 Å². The number of hydrogen-bond donors (Lipinski definition) is 0. The minimum absolute atomic E-state index is 0.186. The summed E-state index contributed by atoms with van der Waals surface area (Å²) in [6.45, 7) is 9.74. The third-order valence-corrected chi connectivity index (χ3v) is 6.13. The Balaban J connectivity index is 1.41. The number of para-hydroxylation sites is 1. The van der Waals surface area contributed by atoms with Crippen LogP contribution in [0.25, 0.3) is 6.08 Å². The normalized spacial score (nSPS) is 18.0.